The minimum Gasteiger partial charge on any atom is -0.345 e. The Bertz CT molecular complexity index is 860. The summed E-state index contributed by atoms with van der Waals surface area (Å²) in [6.07, 6.45) is 2.70. The normalized spacial score (nSPS) is 13.8. The lowest BCUT2D eigenvalue weighted by atomic mass is 9.88. The molecule has 0 bridgehead atoms. The molecule has 0 saturated heterocycles. The van der Waals surface area contributed by atoms with E-state index in [-0.39, 0.29) is 34.7 Å². The number of carbonyl (C=O) groups excluding carboxylic acids is 1. The summed E-state index contributed by atoms with van der Waals surface area (Å²) < 4.78 is 26.3. The number of hydrogen-bond donors (Lipinski definition) is 2. The van der Waals surface area contributed by atoms with Crippen LogP contribution < -0.4 is 11.1 Å². The fraction of sp³-hybridized carbons (Fsp3) is 0.389. The summed E-state index contributed by atoms with van der Waals surface area (Å²) in [6, 6.07) is 8.06. The maximum Gasteiger partial charge on any atom is 0.267 e. The monoisotopic (exact) mass is 399 g/mol. The number of rotatable bonds is 6. The number of nitrogens with two attached hydrogens (primary N) is 1. The highest BCUT2D eigenvalue weighted by molar-refractivity contribution is 7.90. The van der Waals surface area contributed by atoms with E-state index in [0.29, 0.717) is 6.54 Å². The van der Waals surface area contributed by atoms with Crippen LogP contribution in [0.3, 0.4) is 0 Å². The van der Waals surface area contributed by atoms with Crippen molar-refractivity contribution in [2.24, 2.45) is 11.7 Å². The van der Waals surface area contributed by atoms with Crippen molar-refractivity contribution in [2.45, 2.75) is 38.1 Å². The molecule has 0 radical (unpaired) electrons. The number of carbonyl (C=O) groups is 1. The highest BCUT2D eigenvalue weighted by Crippen LogP contribution is 2.18. The van der Waals surface area contributed by atoms with E-state index in [1.54, 1.807) is 24.3 Å². The lowest BCUT2D eigenvalue weighted by molar-refractivity contribution is 0.0883. The summed E-state index contributed by atoms with van der Waals surface area (Å²) in [6.45, 7) is 7.99. The molecule has 6 nitrogen and oxygen atoms in total. The molecule has 144 valence electrons. The first-order valence-electron chi connectivity index (χ1n) is 8.13. The van der Waals surface area contributed by atoms with Crippen LogP contribution in [-0.2, 0) is 10.0 Å². The minimum atomic E-state index is -3.72. The molecule has 1 aromatic carbocycles. The molecule has 2 rings (SSSR count). The van der Waals surface area contributed by atoms with E-state index in [1.807, 2.05) is 27.7 Å². The number of benzene rings is 1. The van der Waals surface area contributed by atoms with Crippen LogP contribution in [0.4, 0.5) is 0 Å². The van der Waals surface area contributed by atoms with Gasteiger partial charge >= 0.3 is 0 Å². The van der Waals surface area contributed by atoms with Gasteiger partial charge in [0.05, 0.1) is 16.0 Å². The van der Waals surface area contributed by atoms with E-state index < -0.39 is 15.6 Å². The third kappa shape index (κ3) is 4.47. The molecule has 3 N–H and O–H groups in total. The Morgan fingerprint density at radius 3 is 2.31 bits per heavy atom. The first kappa shape index (κ1) is 22.2. The predicted molar refractivity (Wildman–Crippen MR) is 105 cm³/mol. The Hall–Kier alpha value is -1.83. The van der Waals surface area contributed by atoms with Crippen LogP contribution in [-0.4, -0.2) is 30.4 Å². The SMILES string of the molecule is Cc1ccc(S(=O)(=O)n2ccc(C(=O)NC(C)(CN)C(C)C)c2)cc1.Cl. The molecule has 0 spiro atoms. The molecule has 0 aliphatic heterocycles. The lowest BCUT2D eigenvalue weighted by Gasteiger charge is -2.33. The lowest BCUT2D eigenvalue weighted by Crippen LogP contribution is -2.54. The van der Waals surface area contributed by atoms with Crippen molar-refractivity contribution in [3.63, 3.8) is 0 Å². The number of aryl methyl sites for hydroxylation is 1. The second-order valence-electron chi connectivity index (χ2n) is 6.78. The van der Waals surface area contributed by atoms with E-state index in [1.165, 1.54) is 18.5 Å². The van der Waals surface area contributed by atoms with Gasteiger partial charge in [-0.25, -0.2) is 12.4 Å². The highest BCUT2D eigenvalue weighted by Gasteiger charge is 2.29. The average Bonchev–Trinajstić information content (AvgIpc) is 3.06. The Morgan fingerprint density at radius 1 is 1.23 bits per heavy atom. The van der Waals surface area contributed by atoms with Gasteiger partial charge in [0, 0.05) is 18.9 Å². The van der Waals surface area contributed by atoms with E-state index in [4.69, 9.17) is 5.73 Å². The second kappa shape index (κ2) is 8.24. The first-order valence-corrected chi connectivity index (χ1v) is 9.57. The molecule has 0 aliphatic rings. The Morgan fingerprint density at radius 2 is 1.81 bits per heavy atom. The van der Waals surface area contributed by atoms with Gasteiger partial charge in [-0.05, 0) is 38.0 Å². The van der Waals surface area contributed by atoms with Gasteiger partial charge in [-0.1, -0.05) is 31.5 Å². The molecule has 8 heteroatoms. The van der Waals surface area contributed by atoms with Crippen molar-refractivity contribution in [3.05, 3.63) is 53.9 Å². The smallest absolute Gasteiger partial charge is 0.267 e. The topological polar surface area (TPSA) is 94.2 Å². The molecule has 1 aromatic heterocycles. The second-order valence-corrected chi connectivity index (χ2v) is 8.62. The number of amides is 1. The van der Waals surface area contributed by atoms with Crippen LogP contribution >= 0.6 is 12.4 Å². The first-order chi connectivity index (χ1) is 11.6. The van der Waals surface area contributed by atoms with Crippen LogP contribution in [0.2, 0.25) is 0 Å². The molecule has 0 aliphatic carbocycles. The summed E-state index contributed by atoms with van der Waals surface area (Å²) in [7, 11) is -3.72. The summed E-state index contributed by atoms with van der Waals surface area (Å²) in [5.74, 6) is -0.209. The zero-order chi connectivity index (χ0) is 18.8. The largest absolute Gasteiger partial charge is 0.345 e. The zero-order valence-corrected chi connectivity index (χ0v) is 17.0. The predicted octanol–water partition coefficient (Wildman–Crippen LogP) is 2.56. The van der Waals surface area contributed by atoms with Crippen molar-refractivity contribution in [1.82, 2.24) is 9.29 Å². The minimum absolute atomic E-state index is 0. The van der Waals surface area contributed by atoms with E-state index in [2.05, 4.69) is 5.32 Å². The molecular formula is C18H26ClN3O3S. The number of hydrogen-bond acceptors (Lipinski definition) is 4. The molecule has 2 aromatic rings. The van der Waals surface area contributed by atoms with Crippen molar-refractivity contribution >= 4 is 28.3 Å². The third-order valence-corrected chi connectivity index (χ3v) is 6.27. The number of aromatic nitrogens is 1. The number of halogens is 1. The highest BCUT2D eigenvalue weighted by atomic mass is 35.5. The van der Waals surface area contributed by atoms with E-state index in [0.717, 1.165) is 9.54 Å². The zero-order valence-electron chi connectivity index (χ0n) is 15.4. The van der Waals surface area contributed by atoms with Gasteiger partial charge in [0.15, 0.2) is 0 Å². The summed E-state index contributed by atoms with van der Waals surface area (Å²) in [4.78, 5) is 12.6. The van der Waals surface area contributed by atoms with Gasteiger partial charge in [0.1, 0.15) is 0 Å². The Balaban J connectivity index is 0.00000338. The summed E-state index contributed by atoms with van der Waals surface area (Å²) in [5.41, 5.74) is 6.47. The third-order valence-electron chi connectivity index (χ3n) is 4.62. The molecule has 1 heterocycles. The summed E-state index contributed by atoms with van der Waals surface area (Å²) >= 11 is 0. The van der Waals surface area contributed by atoms with Gasteiger partial charge in [-0.15, -0.1) is 12.4 Å². The maximum atomic E-state index is 12.6. The van der Waals surface area contributed by atoms with Crippen molar-refractivity contribution in [2.75, 3.05) is 6.54 Å². The van der Waals surface area contributed by atoms with Gasteiger partial charge in [0.2, 0.25) is 0 Å². The Kier molecular flexibility index (Phi) is 7.04. The standard InChI is InChI=1S/C18H25N3O3S.ClH/c1-13(2)18(4,12-19)20-17(22)15-9-10-21(11-15)25(23,24)16-7-5-14(3)6-8-16;/h5-11,13H,12,19H2,1-4H3,(H,20,22);1H. The van der Waals surface area contributed by atoms with Gasteiger partial charge < -0.3 is 11.1 Å². The number of nitrogens with zero attached hydrogens (tertiary/aromatic N) is 1. The molecule has 1 atom stereocenters. The van der Waals surface area contributed by atoms with Crippen molar-refractivity contribution < 1.29 is 13.2 Å². The van der Waals surface area contributed by atoms with Crippen LogP contribution in [0, 0.1) is 12.8 Å². The van der Waals surface area contributed by atoms with Crippen LogP contribution in [0.25, 0.3) is 0 Å². The van der Waals surface area contributed by atoms with Gasteiger partial charge in [-0.2, -0.15) is 0 Å². The van der Waals surface area contributed by atoms with Crippen LogP contribution in [0.5, 0.6) is 0 Å². The van der Waals surface area contributed by atoms with Gasteiger partial charge in [0.25, 0.3) is 15.9 Å². The summed E-state index contributed by atoms with van der Waals surface area (Å²) in [5, 5.41) is 2.90. The van der Waals surface area contributed by atoms with E-state index in [9.17, 15) is 13.2 Å². The number of nitrogens with one attached hydrogen (secondary N) is 1. The molecule has 0 fully saturated rings. The fourth-order valence-corrected chi connectivity index (χ4v) is 3.45. The average molecular weight is 400 g/mol. The maximum absolute atomic E-state index is 12.6. The molecule has 1 unspecified atom stereocenters. The Labute approximate surface area is 161 Å². The van der Waals surface area contributed by atoms with Crippen LogP contribution in [0.1, 0.15) is 36.7 Å². The molecule has 26 heavy (non-hydrogen) atoms. The molecule has 1 amide bonds. The fourth-order valence-electron chi connectivity index (χ4n) is 2.26. The quantitative estimate of drug-likeness (QED) is 0.780. The molecular weight excluding hydrogens is 374 g/mol. The van der Waals surface area contributed by atoms with Crippen LogP contribution in [0.15, 0.2) is 47.6 Å². The van der Waals surface area contributed by atoms with Crippen molar-refractivity contribution in [3.8, 4) is 0 Å². The molecule has 0 saturated carbocycles. The van der Waals surface area contributed by atoms with Crippen molar-refractivity contribution in [1.29, 1.82) is 0 Å². The van der Waals surface area contributed by atoms with Gasteiger partial charge in [-0.3, -0.25) is 4.79 Å². The van der Waals surface area contributed by atoms with E-state index >= 15 is 0 Å².